The van der Waals surface area contributed by atoms with Crippen LogP contribution in [0.1, 0.15) is 22.1 Å². The molecule has 12 heteroatoms. The van der Waals surface area contributed by atoms with Gasteiger partial charge in [-0.05, 0) is 30.3 Å². The van der Waals surface area contributed by atoms with E-state index in [9.17, 15) is 13.6 Å². The van der Waals surface area contributed by atoms with Crippen molar-refractivity contribution in [3.63, 3.8) is 0 Å². The SMILES string of the molecule is Fc1cccn2nccc12.O=C(c1nnc(-c2ccc(F)cn2)o1)N1CCc2nc[nH]c2C1. The molecule has 0 saturated carbocycles. The lowest BCUT2D eigenvalue weighted by Gasteiger charge is -2.24. The van der Waals surface area contributed by atoms with Crippen molar-refractivity contribution in [2.75, 3.05) is 6.54 Å². The van der Waals surface area contributed by atoms with Crippen LogP contribution in [0.3, 0.4) is 0 Å². The first-order valence-electron chi connectivity index (χ1n) is 9.92. The molecule has 0 fully saturated rings. The second kappa shape index (κ2) is 8.57. The van der Waals surface area contributed by atoms with Gasteiger partial charge in [-0.25, -0.2) is 23.3 Å². The number of aromatic nitrogens is 7. The third-order valence-corrected chi connectivity index (χ3v) is 5.00. The zero-order valence-electron chi connectivity index (χ0n) is 17.0. The van der Waals surface area contributed by atoms with Gasteiger partial charge in [0.05, 0.1) is 36.7 Å². The van der Waals surface area contributed by atoms with Crippen molar-refractivity contribution in [2.24, 2.45) is 0 Å². The number of imidazole rings is 1. The van der Waals surface area contributed by atoms with Crippen molar-refractivity contribution in [1.29, 1.82) is 0 Å². The molecule has 0 atom stereocenters. The molecule has 33 heavy (non-hydrogen) atoms. The van der Waals surface area contributed by atoms with E-state index in [1.807, 2.05) is 0 Å². The molecule has 0 unspecified atom stereocenters. The molecule has 1 aliphatic heterocycles. The molecule has 10 nitrogen and oxygen atoms in total. The van der Waals surface area contributed by atoms with Gasteiger partial charge in [-0.2, -0.15) is 5.10 Å². The Balaban J connectivity index is 0.000000190. The van der Waals surface area contributed by atoms with E-state index in [0.29, 0.717) is 30.7 Å². The van der Waals surface area contributed by atoms with Crippen molar-refractivity contribution < 1.29 is 18.0 Å². The standard InChI is InChI=1S/C14H11FN6O2.C7H5FN2/c15-8-1-2-10(16-5-8)12-19-20-13(23-12)14(22)21-4-3-9-11(6-21)18-7-17-9;8-6-2-1-5-10-7(6)3-4-9-10/h1-2,5,7H,3-4,6H2,(H,17,18);1-5H. The fourth-order valence-corrected chi connectivity index (χ4v) is 3.35. The van der Waals surface area contributed by atoms with E-state index in [-0.39, 0.29) is 23.5 Å². The number of hydrogen-bond acceptors (Lipinski definition) is 7. The van der Waals surface area contributed by atoms with Crippen LogP contribution in [0.5, 0.6) is 0 Å². The lowest BCUT2D eigenvalue weighted by molar-refractivity contribution is 0.0692. The summed E-state index contributed by atoms with van der Waals surface area (Å²) in [5.74, 6) is -1.10. The minimum Gasteiger partial charge on any atom is -0.411 e. The maximum absolute atomic E-state index is 12.9. The summed E-state index contributed by atoms with van der Waals surface area (Å²) < 4.78 is 32.5. The van der Waals surface area contributed by atoms with Crippen molar-refractivity contribution in [1.82, 2.24) is 39.7 Å². The number of halogens is 2. The Morgan fingerprint density at radius 2 is 2.03 bits per heavy atom. The number of amides is 1. The summed E-state index contributed by atoms with van der Waals surface area (Å²) in [4.78, 5) is 25.1. The summed E-state index contributed by atoms with van der Waals surface area (Å²) in [5.41, 5.74) is 2.70. The highest BCUT2D eigenvalue weighted by Crippen LogP contribution is 2.19. The summed E-state index contributed by atoms with van der Waals surface area (Å²) in [7, 11) is 0. The Hall–Kier alpha value is -4.48. The molecule has 0 spiro atoms. The normalized spacial score (nSPS) is 12.8. The fourth-order valence-electron chi connectivity index (χ4n) is 3.35. The average molecular weight is 450 g/mol. The highest BCUT2D eigenvalue weighted by Gasteiger charge is 2.27. The van der Waals surface area contributed by atoms with Crippen LogP contribution < -0.4 is 0 Å². The van der Waals surface area contributed by atoms with Crippen molar-refractivity contribution in [3.05, 3.63) is 84.2 Å². The van der Waals surface area contributed by atoms with E-state index in [0.717, 1.165) is 17.6 Å². The molecule has 0 aliphatic carbocycles. The molecule has 6 rings (SSSR count). The Morgan fingerprint density at radius 3 is 2.85 bits per heavy atom. The van der Waals surface area contributed by atoms with Crippen LogP contribution in [0.15, 0.2) is 59.7 Å². The first-order chi connectivity index (χ1) is 16.1. The summed E-state index contributed by atoms with van der Waals surface area (Å²) in [6, 6.07) is 7.31. The zero-order valence-corrected chi connectivity index (χ0v) is 17.0. The van der Waals surface area contributed by atoms with Crippen molar-refractivity contribution >= 4 is 11.4 Å². The quantitative estimate of drug-likeness (QED) is 0.439. The number of carbonyl (C=O) groups excluding carboxylic acids is 1. The summed E-state index contributed by atoms with van der Waals surface area (Å²) in [5, 5.41) is 11.4. The fraction of sp³-hybridized carbons (Fsp3) is 0.143. The molecule has 0 aromatic carbocycles. The maximum Gasteiger partial charge on any atom is 0.311 e. The molecule has 0 bridgehead atoms. The minimum absolute atomic E-state index is 0.0765. The zero-order chi connectivity index (χ0) is 22.8. The molecule has 0 radical (unpaired) electrons. The van der Waals surface area contributed by atoms with Crippen LogP contribution in [-0.4, -0.2) is 52.1 Å². The average Bonchev–Trinajstić information content (AvgIpc) is 3.60. The largest absolute Gasteiger partial charge is 0.411 e. The van der Waals surface area contributed by atoms with Gasteiger partial charge in [-0.15, -0.1) is 10.2 Å². The summed E-state index contributed by atoms with van der Waals surface area (Å²) in [6.07, 6.45) is 6.61. The van der Waals surface area contributed by atoms with Crippen molar-refractivity contribution in [2.45, 2.75) is 13.0 Å². The second-order valence-corrected chi connectivity index (χ2v) is 7.10. The number of aromatic amines is 1. The van der Waals surface area contributed by atoms with E-state index >= 15 is 0 Å². The molecular weight excluding hydrogens is 434 g/mol. The summed E-state index contributed by atoms with van der Waals surface area (Å²) in [6.45, 7) is 0.948. The van der Waals surface area contributed by atoms with Crippen LogP contribution in [0.2, 0.25) is 0 Å². The molecule has 5 aromatic heterocycles. The number of fused-ring (bicyclic) bond motifs is 2. The van der Waals surface area contributed by atoms with Crippen LogP contribution >= 0.6 is 0 Å². The molecule has 1 N–H and O–H groups in total. The van der Waals surface area contributed by atoms with Gasteiger partial charge in [-0.3, -0.25) is 4.79 Å². The Bertz CT molecular complexity index is 1410. The lowest BCUT2D eigenvalue weighted by atomic mass is 10.1. The number of carbonyl (C=O) groups is 1. The highest BCUT2D eigenvalue weighted by molar-refractivity contribution is 5.89. The van der Waals surface area contributed by atoms with Crippen LogP contribution in [-0.2, 0) is 13.0 Å². The minimum atomic E-state index is -0.465. The van der Waals surface area contributed by atoms with Crippen LogP contribution in [0.4, 0.5) is 8.78 Å². The van der Waals surface area contributed by atoms with Gasteiger partial charge < -0.3 is 14.3 Å². The van der Waals surface area contributed by atoms with Crippen LogP contribution in [0, 0.1) is 11.6 Å². The predicted octanol–water partition coefficient (Wildman–Crippen LogP) is 2.67. The van der Waals surface area contributed by atoms with Gasteiger partial charge in [0.15, 0.2) is 0 Å². The lowest BCUT2D eigenvalue weighted by Crippen LogP contribution is -2.36. The Labute approximate surface area is 184 Å². The number of hydrogen-bond donors (Lipinski definition) is 1. The monoisotopic (exact) mass is 450 g/mol. The van der Waals surface area contributed by atoms with Gasteiger partial charge in [0.1, 0.15) is 22.8 Å². The topological polar surface area (TPSA) is 118 Å². The highest BCUT2D eigenvalue weighted by atomic mass is 19.1. The number of H-pyrrole nitrogens is 1. The molecule has 1 amide bonds. The first-order valence-corrected chi connectivity index (χ1v) is 9.92. The number of pyridine rings is 2. The van der Waals surface area contributed by atoms with Gasteiger partial charge in [-0.1, -0.05) is 0 Å². The van der Waals surface area contributed by atoms with E-state index < -0.39 is 5.82 Å². The van der Waals surface area contributed by atoms with Gasteiger partial charge in [0.2, 0.25) is 0 Å². The number of nitrogens with zero attached hydrogens (tertiary/aromatic N) is 7. The predicted molar refractivity (Wildman–Crippen MR) is 110 cm³/mol. The first kappa shape index (κ1) is 20.4. The van der Waals surface area contributed by atoms with Crippen LogP contribution in [0.25, 0.3) is 17.1 Å². The summed E-state index contributed by atoms with van der Waals surface area (Å²) >= 11 is 0. The Kier molecular flexibility index (Phi) is 5.30. The van der Waals surface area contributed by atoms with Gasteiger partial charge in [0, 0.05) is 19.2 Å². The van der Waals surface area contributed by atoms with Gasteiger partial charge in [0.25, 0.3) is 5.89 Å². The molecule has 0 saturated heterocycles. The Morgan fingerprint density at radius 1 is 1.12 bits per heavy atom. The number of rotatable bonds is 2. The van der Waals surface area contributed by atoms with Gasteiger partial charge >= 0.3 is 11.8 Å². The van der Waals surface area contributed by atoms with E-state index in [1.165, 1.54) is 22.7 Å². The van der Waals surface area contributed by atoms with Crippen molar-refractivity contribution in [3.8, 4) is 11.6 Å². The third-order valence-electron chi connectivity index (χ3n) is 5.00. The second-order valence-electron chi connectivity index (χ2n) is 7.10. The third kappa shape index (κ3) is 4.18. The molecular formula is C21H16F2N8O2. The molecule has 166 valence electrons. The maximum atomic E-state index is 12.9. The van der Waals surface area contributed by atoms with E-state index in [2.05, 4.69) is 30.2 Å². The smallest absolute Gasteiger partial charge is 0.311 e. The molecule has 6 heterocycles. The van der Waals surface area contributed by atoms with E-state index in [1.54, 1.807) is 35.8 Å². The number of nitrogens with one attached hydrogen (secondary N) is 1. The molecule has 1 aliphatic rings. The molecule has 5 aromatic rings. The van der Waals surface area contributed by atoms with E-state index in [4.69, 9.17) is 4.42 Å².